The number of benzene rings is 4. The van der Waals surface area contributed by atoms with Crippen molar-refractivity contribution in [1.29, 1.82) is 0 Å². The lowest BCUT2D eigenvalue weighted by molar-refractivity contribution is 0.621. The summed E-state index contributed by atoms with van der Waals surface area (Å²) >= 11 is 0. The van der Waals surface area contributed by atoms with Crippen LogP contribution < -0.4 is 0 Å². The number of aryl methyl sites for hydroxylation is 2. The molecule has 160 valence electrons. The van der Waals surface area contributed by atoms with Gasteiger partial charge in [-0.25, -0.2) is 4.39 Å². The van der Waals surface area contributed by atoms with E-state index in [1.807, 2.05) is 60.7 Å². The van der Waals surface area contributed by atoms with Gasteiger partial charge in [0.05, 0.1) is 0 Å². The van der Waals surface area contributed by atoms with E-state index in [9.17, 15) is 4.39 Å². The van der Waals surface area contributed by atoms with Crippen molar-refractivity contribution in [3.05, 3.63) is 131 Å². The quantitative estimate of drug-likeness (QED) is 0.234. The Kier molecular flexibility index (Phi) is 7.04. The molecule has 0 atom stereocenters. The molecular formula is C32H25F. The van der Waals surface area contributed by atoms with Gasteiger partial charge in [-0.2, -0.15) is 0 Å². The third-order valence-corrected chi connectivity index (χ3v) is 5.60. The molecule has 0 N–H and O–H groups in total. The zero-order valence-corrected chi connectivity index (χ0v) is 18.8. The topological polar surface area (TPSA) is 0 Å². The molecule has 4 rings (SSSR count). The second-order valence-corrected chi connectivity index (χ2v) is 7.93. The van der Waals surface area contributed by atoms with Crippen molar-refractivity contribution >= 4 is 10.8 Å². The van der Waals surface area contributed by atoms with Crippen LogP contribution in [-0.2, 0) is 12.8 Å². The minimum absolute atomic E-state index is 0.146. The normalized spacial score (nSPS) is 10.1. The van der Waals surface area contributed by atoms with Gasteiger partial charge < -0.3 is 0 Å². The first kappa shape index (κ1) is 22.1. The van der Waals surface area contributed by atoms with E-state index >= 15 is 0 Å². The van der Waals surface area contributed by atoms with E-state index in [1.165, 1.54) is 5.56 Å². The van der Waals surface area contributed by atoms with Crippen molar-refractivity contribution < 1.29 is 4.39 Å². The summed E-state index contributed by atoms with van der Waals surface area (Å²) in [5, 5.41) is 1.49. The Hall–Kier alpha value is -4.07. The maximum Gasteiger partial charge on any atom is 0.134 e. The number of hydrogen-bond acceptors (Lipinski definition) is 0. The Balaban J connectivity index is 1.48. The first-order chi connectivity index (χ1) is 16.2. The molecule has 0 spiro atoms. The van der Waals surface area contributed by atoms with Gasteiger partial charge in [0.15, 0.2) is 0 Å². The Morgan fingerprint density at radius 3 is 1.85 bits per heavy atom. The van der Waals surface area contributed by atoms with Crippen LogP contribution in [0.25, 0.3) is 10.8 Å². The average molecular weight is 429 g/mol. The maximum atomic E-state index is 14.7. The molecule has 0 aliphatic rings. The van der Waals surface area contributed by atoms with Crippen LogP contribution in [0.1, 0.15) is 46.7 Å². The molecule has 0 heterocycles. The van der Waals surface area contributed by atoms with Gasteiger partial charge in [-0.1, -0.05) is 67.0 Å². The van der Waals surface area contributed by atoms with Crippen molar-refractivity contribution in [2.75, 3.05) is 0 Å². The molecule has 0 saturated carbocycles. The Morgan fingerprint density at radius 1 is 0.727 bits per heavy atom. The molecule has 0 aromatic heterocycles. The minimum Gasteiger partial charge on any atom is -0.206 e. The average Bonchev–Trinajstić information content (AvgIpc) is 2.87. The van der Waals surface area contributed by atoms with E-state index in [-0.39, 0.29) is 5.82 Å². The van der Waals surface area contributed by atoms with Gasteiger partial charge in [0.2, 0.25) is 0 Å². The van der Waals surface area contributed by atoms with Crippen LogP contribution in [-0.4, -0.2) is 0 Å². The minimum atomic E-state index is -0.146. The highest BCUT2D eigenvalue weighted by Gasteiger charge is 2.07. The molecule has 0 radical (unpaired) electrons. The van der Waals surface area contributed by atoms with Crippen LogP contribution in [0.15, 0.2) is 91.5 Å². The van der Waals surface area contributed by atoms with Crippen LogP contribution >= 0.6 is 0 Å². The standard InChI is InChI=1S/C32H25F/c1-3-5-6-29-20-21-30-23-28(19-22-31(30)32(29)33)18-17-27-15-13-26(14-16-27)12-11-25-9-7-24(4-2)8-10-25/h3,7-10,13-16,19-23H,1,4-6H2,2H3. The second-order valence-electron chi connectivity index (χ2n) is 7.93. The molecule has 0 unspecified atom stereocenters. The van der Waals surface area contributed by atoms with E-state index in [4.69, 9.17) is 0 Å². The molecule has 0 aliphatic heterocycles. The van der Waals surface area contributed by atoms with Crippen LogP contribution in [0.5, 0.6) is 0 Å². The molecule has 0 fully saturated rings. The summed E-state index contributed by atoms with van der Waals surface area (Å²) in [5.41, 5.74) is 5.78. The molecule has 0 nitrogen and oxygen atoms in total. The predicted molar refractivity (Wildman–Crippen MR) is 137 cm³/mol. The van der Waals surface area contributed by atoms with Crippen molar-refractivity contribution in [1.82, 2.24) is 0 Å². The largest absolute Gasteiger partial charge is 0.206 e. The fourth-order valence-electron chi connectivity index (χ4n) is 3.61. The molecule has 33 heavy (non-hydrogen) atoms. The van der Waals surface area contributed by atoms with Gasteiger partial charge in [-0.05, 0) is 84.3 Å². The highest BCUT2D eigenvalue weighted by Crippen LogP contribution is 2.23. The molecule has 0 saturated heterocycles. The Bertz CT molecular complexity index is 1400. The fraction of sp³-hybridized carbons (Fsp3) is 0.125. The summed E-state index contributed by atoms with van der Waals surface area (Å²) in [6.07, 6.45) is 4.27. The maximum absolute atomic E-state index is 14.7. The van der Waals surface area contributed by atoms with Gasteiger partial charge in [0.25, 0.3) is 0 Å². The molecular weight excluding hydrogens is 403 g/mol. The highest BCUT2D eigenvalue weighted by molar-refractivity contribution is 5.85. The Labute approximate surface area is 195 Å². The SMILES string of the molecule is C=CCCc1ccc2cc(C#Cc3ccc(C#Cc4ccc(CC)cc4)cc3)ccc2c1F. The lowest BCUT2D eigenvalue weighted by Crippen LogP contribution is -1.92. The van der Waals surface area contributed by atoms with E-state index in [2.05, 4.69) is 61.4 Å². The second kappa shape index (κ2) is 10.5. The van der Waals surface area contributed by atoms with E-state index in [0.717, 1.165) is 46.0 Å². The first-order valence-corrected chi connectivity index (χ1v) is 11.2. The van der Waals surface area contributed by atoms with Crippen LogP contribution in [0.3, 0.4) is 0 Å². The van der Waals surface area contributed by atoms with Crippen molar-refractivity contribution in [3.8, 4) is 23.7 Å². The van der Waals surface area contributed by atoms with E-state index in [0.29, 0.717) is 11.8 Å². The van der Waals surface area contributed by atoms with Crippen LogP contribution in [0, 0.1) is 29.5 Å². The number of rotatable bonds is 4. The lowest BCUT2D eigenvalue weighted by Gasteiger charge is -2.06. The van der Waals surface area contributed by atoms with Gasteiger partial charge in [0, 0.05) is 27.6 Å². The lowest BCUT2D eigenvalue weighted by atomic mass is 10.0. The number of halogens is 1. The smallest absolute Gasteiger partial charge is 0.134 e. The number of fused-ring (bicyclic) bond motifs is 1. The summed E-state index contributed by atoms with van der Waals surface area (Å²) in [7, 11) is 0. The predicted octanol–water partition coefficient (Wildman–Crippen LogP) is 7.46. The van der Waals surface area contributed by atoms with Gasteiger partial charge in [0.1, 0.15) is 5.82 Å². The van der Waals surface area contributed by atoms with E-state index < -0.39 is 0 Å². The first-order valence-electron chi connectivity index (χ1n) is 11.2. The summed E-state index contributed by atoms with van der Waals surface area (Å²) in [4.78, 5) is 0. The summed E-state index contributed by atoms with van der Waals surface area (Å²) in [6.45, 7) is 5.86. The highest BCUT2D eigenvalue weighted by atomic mass is 19.1. The monoisotopic (exact) mass is 428 g/mol. The van der Waals surface area contributed by atoms with Crippen molar-refractivity contribution in [2.24, 2.45) is 0 Å². The molecule has 0 bridgehead atoms. The molecule has 0 aliphatic carbocycles. The summed E-state index contributed by atoms with van der Waals surface area (Å²) in [6, 6.07) is 25.7. The number of hydrogen-bond donors (Lipinski definition) is 0. The van der Waals surface area contributed by atoms with Gasteiger partial charge in [-0.3, -0.25) is 0 Å². The molecule has 0 amide bonds. The van der Waals surface area contributed by atoms with Gasteiger partial charge >= 0.3 is 0 Å². The van der Waals surface area contributed by atoms with Crippen molar-refractivity contribution in [2.45, 2.75) is 26.2 Å². The zero-order chi connectivity index (χ0) is 23.0. The van der Waals surface area contributed by atoms with Crippen LogP contribution in [0.2, 0.25) is 0 Å². The van der Waals surface area contributed by atoms with Gasteiger partial charge in [-0.15, -0.1) is 6.58 Å². The molecule has 1 heteroatoms. The summed E-state index contributed by atoms with van der Waals surface area (Å²) in [5.74, 6) is 12.6. The van der Waals surface area contributed by atoms with E-state index in [1.54, 1.807) is 0 Å². The molecule has 4 aromatic rings. The molecule has 4 aromatic carbocycles. The third-order valence-electron chi connectivity index (χ3n) is 5.60. The van der Waals surface area contributed by atoms with Crippen LogP contribution in [0.4, 0.5) is 4.39 Å². The fourth-order valence-corrected chi connectivity index (χ4v) is 3.61. The van der Waals surface area contributed by atoms with Crippen molar-refractivity contribution in [3.63, 3.8) is 0 Å². The zero-order valence-electron chi connectivity index (χ0n) is 18.8. The summed E-state index contributed by atoms with van der Waals surface area (Å²) < 4.78 is 14.7. The Morgan fingerprint density at radius 2 is 1.27 bits per heavy atom. The number of allylic oxidation sites excluding steroid dienone is 1. The third kappa shape index (κ3) is 5.60.